The maximum absolute atomic E-state index is 11.5. The number of pyridine rings is 1. The molecule has 1 aromatic carbocycles. The van der Waals surface area contributed by atoms with Gasteiger partial charge in [0, 0.05) is 29.6 Å². The summed E-state index contributed by atoms with van der Waals surface area (Å²) in [5.41, 5.74) is 1.15. The van der Waals surface area contributed by atoms with E-state index in [1.54, 1.807) is 18.2 Å². The molecule has 5 nitrogen and oxygen atoms in total. The molecular weight excluding hydrogens is 234 g/mol. The molecule has 1 heterocycles. The quantitative estimate of drug-likeness (QED) is 0.762. The van der Waals surface area contributed by atoms with Crippen molar-refractivity contribution in [3.05, 3.63) is 46.2 Å². The van der Waals surface area contributed by atoms with Gasteiger partial charge in [0.1, 0.15) is 0 Å². The number of H-pyrrole nitrogens is 1. The number of hydrogen-bond donors (Lipinski definition) is 3. The van der Waals surface area contributed by atoms with Crippen LogP contribution in [-0.4, -0.2) is 21.2 Å². The van der Waals surface area contributed by atoms with Gasteiger partial charge in [0.2, 0.25) is 0 Å². The van der Waals surface area contributed by atoms with E-state index in [2.05, 4.69) is 4.98 Å². The largest absolute Gasteiger partial charge is 0.481 e. The van der Waals surface area contributed by atoms with E-state index < -0.39 is 12.1 Å². The van der Waals surface area contributed by atoms with Crippen LogP contribution in [0.1, 0.15) is 24.5 Å². The van der Waals surface area contributed by atoms with Gasteiger partial charge >= 0.3 is 5.97 Å². The number of fused-ring (bicyclic) bond motifs is 1. The summed E-state index contributed by atoms with van der Waals surface area (Å²) in [4.78, 5) is 24.9. The van der Waals surface area contributed by atoms with Crippen LogP contribution in [0.3, 0.4) is 0 Å². The van der Waals surface area contributed by atoms with Crippen LogP contribution in [0.5, 0.6) is 0 Å². The van der Waals surface area contributed by atoms with Crippen LogP contribution in [0.4, 0.5) is 0 Å². The van der Waals surface area contributed by atoms with Crippen LogP contribution >= 0.6 is 0 Å². The highest BCUT2D eigenvalue weighted by molar-refractivity contribution is 5.78. The zero-order valence-corrected chi connectivity index (χ0v) is 9.59. The molecule has 3 N–H and O–H groups in total. The summed E-state index contributed by atoms with van der Waals surface area (Å²) in [6.45, 7) is 0. The number of hydrogen-bond acceptors (Lipinski definition) is 3. The summed E-state index contributed by atoms with van der Waals surface area (Å²) in [6, 6.07) is 6.38. The molecular formula is C13H13NO4. The van der Waals surface area contributed by atoms with Gasteiger partial charge in [-0.15, -0.1) is 0 Å². The minimum Gasteiger partial charge on any atom is -0.481 e. The molecule has 0 aliphatic carbocycles. The number of aliphatic hydroxyl groups is 1. The lowest BCUT2D eigenvalue weighted by Crippen LogP contribution is -2.04. The molecule has 18 heavy (non-hydrogen) atoms. The number of aliphatic hydroxyl groups excluding tert-OH is 1. The average molecular weight is 247 g/mol. The monoisotopic (exact) mass is 247 g/mol. The third kappa shape index (κ3) is 2.57. The average Bonchev–Trinajstić information content (AvgIpc) is 2.35. The molecule has 1 aromatic heterocycles. The van der Waals surface area contributed by atoms with Gasteiger partial charge in [0.05, 0.1) is 6.10 Å². The molecule has 94 valence electrons. The van der Waals surface area contributed by atoms with Crippen molar-refractivity contribution in [2.24, 2.45) is 0 Å². The van der Waals surface area contributed by atoms with E-state index in [0.29, 0.717) is 16.5 Å². The first kappa shape index (κ1) is 12.3. The van der Waals surface area contributed by atoms with Crippen LogP contribution in [0.2, 0.25) is 0 Å². The Labute approximate surface area is 103 Å². The number of carboxylic acids is 1. The Morgan fingerprint density at radius 2 is 2.11 bits per heavy atom. The number of benzene rings is 1. The van der Waals surface area contributed by atoms with Crippen LogP contribution in [-0.2, 0) is 4.79 Å². The summed E-state index contributed by atoms with van der Waals surface area (Å²) in [7, 11) is 0. The fourth-order valence-corrected chi connectivity index (χ4v) is 1.83. The lowest BCUT2D eigenvalue weighted by molar-refractivity contribution is -0.137. The lowest BCUT2D eigenvalue weighted by Gasteiger charge is -2.10. The molecule has 5 heteroatoms. The molecule has 0 bridgehead atoms. The predicted molar refractivity (Wildman–Crippen MR) is 66.4 cm³/mol. The highest BCUT2D eigenvalue weighted by Crippen LogP contribution is 2.20. The molecule has 0 spiro atoms. The smallest absolute Gasteiger partial charge is 0.303 e. The Hall–Kier alpha value is -2.14. The summed E-state index contributed by atoms with van der Waals surface area (Å²) in [5.74, 6) is -0.941. The van der Waals surface area contributed by atoms with Gasteiger partial charge in [0.25, 0.3) is 0 Å². The first-order chi connectivity index (χ1) is 8.58. The second-order valence-electron chi connectivity index (χ2n) is 4.10. The molecule has 1 atom stereocenters. The molecule has 0 radical (unpaired) electrons. The summed E-state index contributed by atoms with van der Waals surface area (Å²) in [5, 5.41) is 18.9. The van der Waals surface area contributed by atoms with Crippen molar-refractivity contribution in [1.82, 2.24) is 4.98 Å². The Morgan fingerprint density at radius 3 is 2.83 bits per heavy atom. The standard InChI is InChI=1S/C13H13NO4/c15-11(3-4-13(17)18)8-1-2-9-10(7-8)14-6-5-12(9)16/h1-2,5-7,11,15H,3-4H2,(H,14,16)(H,17,18). The topological polar surface area (TPSA) is 90.4 Å². The van der Waals surface area contributed by atoms with Crippen molar-refractivity contribution < 1.29 is 15.0 Å². The van der Waals surface area contributed by atoms with Gasteiger partial charge in [-0.1, -0.05) is 6.07 Å². The van der Waals surface area contributed by atoms with E-state index in [1.807, 2.05) is 0 Å². The molecule has 0 fully saturated rings. The second-order valence-corrected chi connectivity index (χ2v) is 4.10. The summed E-state index contributed by atoms with van der Waals surface area (Å²) in [6.07, 6.45) is 0.759. The first-order valence-corrected chi connectivity index (χ1v) is 5.59. The van der Waals surface area contributed by atoms with E-state index in [4.69, 9.17) is 5.11 Å². The van der Waals surface area contributed by atoms with E-state index in [0.717, 1.165) is 0 Å². The van der Waals surface area contributed by atoms with Crippen molar-refractivity contribution in [3.63, 3.8) is 0 Å². The summed E-state index contributed by atoms with van der Waals surface area (Å²) >= 11 is 0. The van der Waals surface area contributed by atoms with Gasteiger partial charge in [-0.05, 0) is 24.1 Å². The number of aromatic nitrogens is 1. The van der Waals surface area contributed by atoms with E-state index in [9.17, 15) is 14.7 Å². The number of aromatic amines is 1. The van der Waals surface area contributed by atoms with Gasteiger partial charge < -0.3 is 15.2 Å². The third-order valence-corrected chi connectivity index (χ3v) is 2.80. The fourth-order valence-electron chi connectivity index (χ4n) is 1.83. The zero-order chi connectivity index (χ0) is 13.1. The molecule has 2 aromatic rings. The highest BCUT2D eigenvalue weighted by atomic mass is 16.4. The molecule has 0 saturated carbocycles. The minimum absolute atomic E-state index is 0.0877. The molecule has 0 aliphatic rings. The van der Waals surface area contributed by atoms with Crippen molar-refractivity contribution in [2.45, 2.75) is 18.9 Å². The van der Waals surface area contributed by atoms with E-state index in [1.165, 1.54) is 12.3 Å². The number of nitrogens with one attached hydrogen (secondary N) is 1. The first-order valence-electron chi connectivity index (χ1n) is 5.59. The van der Waals surface area contributed by atoms with Crippen molar-refractivity contribution in [2.75, 3.05) is 0 Å². The SMILES string of the molecule is O=C(O)CCC(O)c1ccc2c(=O)cc[nH]c2c1. The van der Waals surface area contributed by atoms with Crippen molar-refractivity contribution >= 4 is 16.9 Å². The Morgan fingerprint density at radius 1 is 1.33 bits per heavy atom. The van der Waals surface area contributed by atoms with Crippen LogP contribution in [0.25, 0.3) is 10.9 Å². The highest BCUT2D eigenvalue weighted by Gasteiger charge is 2.10. The lowest BCUT2D eigenvalue weighted by atomic mass is 10.0. The van der Waals surface area contributed by atoms with Crippen LogP contribution in [0, 0.1) is 0 Å². The molecule has 1 unspecified atom stereocenters. The predicted octanol–water partition coefficient (Wildman–Crippen LogP) is 1.43. The maximum atomic E-state index is 11.5. The van der Waals surface area contributed by atoms with Crippen LogP contribution < -0.4 is 5.43 Å². The third-order valence-electron chi connectivity index (χ3n) is 2.80. The Kier molecular flexibility index (Phi) is 3.43. The second kappa shape index (κ2) is 5.01. The molecule has 2 rings (SSSR count). The van der Waals surface area contributed by atoms with Crippen molar-refractivity contribution in [1.29, 1.82) is 0 Å². The Bertz CT molecular complexity index is 632. The summed E-state index contributed by atoms with van der Waals surface area (Å²) < 4.78 is 0. The molecule has 0 aliphatic heterocycles. The van der Waals surface area contributed by atoms with Gasteiger partial charge in [-0.3, -0.25) is 9.59 Å². The van der Waals surface area contributed by atoms with E-state index >= 15 is 0 Å². The number of carbonyl (C=O) groups is 1. The Balaban J connectivity index is 2.30. The van der Waals surface area contributed by atoms with E-state index in [-0.39, 0.29) is 18.3 Å². The van der Waals surface area contributed by atoms with Gasteiger partial charge in [-0.2, -0.15) is 0 Å². The number of aliphatic carboxylic acids is 1. The molecule has 0 amide bonds. The fraction of sp³-hybridized carbons (Fsp3) is 0.231. The van der Waals surface area contributed by atoms with Gasteiger partial charge in [0.15, 0.2) is 5.43 Å². The maximum Gasteiger partial charge on any atom is 0.303 e. The minimum atomic E-state index is -0.941. The number of rotatable bonds is 4. The van der Waals surface area contributed by atoms with Gasteiger partial charge in [-0.25, -0.2) is 0 Å². The van der Waals surface area contributed by atoms with Crippen LogP contribution in [0.15, 0.2) is 35.3 Å². The molecule has 0 saturated heterocycles. The zero-order valence-electron chi connectivity index (χ0n) is 9.59. The normalized spacial score (nSPS) is 12.5. The number of carboxylic acid groups (broad SMARTS) is 1. The van der Waals surface area contributed by atoms with Crippen molar-refractivity contribution in [3.8, 4) is 0 Å².